The van der Waals surface area contributed by atoms with Gasteiger partial charge < -0.3 is 15.1 Å². The van der Waals surface area contributed by atoms with E-state index in [1.807, 2.05) is 17.3 Å². The lowest BCUT2D eigenvalue weighted by Crippen LogP contribution is -2.40. The van der Waals surface area contributed by atoms with Crippen LogP contribution in [0.4, 0.5) is 13.2 Å². The third-order valence-corrected chi connectivity index (χ3v) is 3.77. The second-order valence-corrected chi connectivity index (χ2v) is 5.97. The smallest absolute Gasteiger partial charge is 0.422 e. The van der Waals surface area contributed by atoms with E-state index in [9.17, 15) is 18.0 Å². The zero-order valence-corrected chi connectivity index (χ0v) is 14.8. The molecule has 1 amide bonds. The molecule has 144 valence electrons. The summed E-state index contributed by atoms with van der Waals surface area (Å²) in [5.74, 6) is -0.00115. The van der Waals surface area contributed by atoms with Crippen molar-refractivity contribution in [3.8, 4) is 5.88 Å². The van der Waals surface area contributed by atoms with Gasteiger partial charge in [0.1, 0.15) is 0 Å². The molecule has 0 saturated heterocycles. The molecule has 9 heteroatoms. The molecule has 1 aromatic rings. The van der Waals surface area contributed by atoms with Crippen LogP contribution < -0.4 is 10.1 Å². The predicted molar refractivity (Wildman–Crippen MR) is 90.1 cm³/mol. The van der Waals surface area contributed by atoms with E-state index in [0.29, 0.717) is 38.2 Å². The Hall–Kier alpha value is -2.29. The topological polar surface area (TPSA) is 57.7 Å². The zero-order chi connectivity index (χ0) is 19.2. The van der Waals surface area contributed by atoms with E-state index in [-0.39, 0.29) is 11.8 Å². The molecule has 26 heavy (non-hydrogen) atoms. The van der Waals surface area contributed by atoms with Crippen molar-refractivity contribution < 1.29 is 22.7 Å². The summed E-state index contributed by atoms with van der Waals surface area (Å²) in [4.78, 5) is 15.3. The summed E-state index contributed by atoms with van der Waals surface area (Å²) >= 11 is 0. The van der Waals surface area contributed by atoms with Crippen molar-refractivity contribution in [2.24, 2.45) is 0 Å². The van der Waals surface area contributed by atoms with Crippen molar-refractivity contribution in [3.05, 3.63) is 35.7 Å². The second-order valence-electron chi connectivity index (χ2n) is 5.97. The molecule has 0 bridgehead atoms. The number of carbonyl (C=O) groups excluding carboxylic acids is 1. The number of nitrogens with one attached hydrogen (secondary N) is 1. The number of aryl methyl sites for hydroxylation is 1. The Morgan fingerprint density at radius 1 is 1.42 bits per heavy atom. The van der Waals surface area contributed by atoms with E-state index < -0.39 is 12.8 Å². The first-order valence-electron chi connectivity index (χ1n) is 8.38. The third-order valence-electron chi connectivity index (χ3n) is 3.77. The molecular weight excluding hydrogens is 349 g/mol. The molecule has 1 aliphatic heterocycles. The number of hydrogen-bond acceptors (Lipinski definition) is 5. The number of nitrogens with zero attached hydrogens (tertiary/aromatic N) is 3. The SMILES string of the molecule is CCC(=O)NCCN1C=CCN1Cc1cnc(OCC(F)(F)F)c(C)c1. The molecule has 1 N–H and O–H groups in total. The van der Waals surface area contributed by atoms with Crippen molar-refractivity contribution in [1.29, 1.82) is 0 Å². The number of amides is 1. The summed E-state index contributed by atoms with van der Waals surface area (Å²) in [7, 11) is 0. The monoisotopic (exact) mass is 372 g/mol. The van der Waals surface area contributed by atoms with Crippen molar-refractivity contribution in [3.63, 3.8) is 0 Å². The van der Waals surface area contributed by atoms with Gasteiger partial charge in [-0.25, -0.2) is 9.99 Å². The Labute approximate surface area is 150 Å². The number of rotatable bonds is 8. The highest BCUT2D eigenvalue weighted by atomic mass is 19.4. The largest absolute Gasteiger partial charge is 0.468 e. The van der Waals surface area contributed by atoms with Crippen molar-refractivity contribution in [1.82, 2.24) is 20.3 Å². The van der Waals surface area contributed by atoms with Gasteiger partial charge in [-0.05, 0) is 18.6 Å². The number of aromatic nitrogens is 1. The molecule has 0 fully saturated rings. The molecule has 0 aromatic carbocycles. The van der Waals surface area contributed by atoms with Crippen LogP contribution in [0.15, 0.2) is 24.5 Å². The van der Waals surface area contributed by atoms with Gasteiger partial charge in [0.2, 0.25) is 11.8 Å². The normalized spacial score (nSPS) is 14.7. The van der Waals surface area contributed by atoms with Crippen molar-refractivity contribution in [2.75, 3.05) is 26.2 Å². The fourth-order valence-electron chi connectivity index (χ4n) is 2.51. The maximum Gasteiger partial charge on any atom is 0.422 e. The predicted octanol–water partition coefficient (Wildman–Crippen LogP) is 2.40. The number of alkyl halides is 3. The molecule has 0 unspecified atom stereocenters. The van der Waals surface area contributed by atoms with E-state index in [4.69, 9.17) is 4.74 Å². The van der Waals surface area contributed by atoms with E-state index in [0.717, 1.165) is 5.56 Å². The van der Waals surface area contributed by atoms with Gasteiger partial charge in [-0.2, -0.15) is 13.2 Å². The molecule has 2 heterocycles. The summed E-state index contributed by atoms with van der Waals surface area (Å²) in [5, 5.41) is 6.88. The fraction of sp³-hybridized carbons (Fsp3) is 0.529. The van der Waals surface area contributed by atoms with Crippen LogP contribution in [0.2, 0.25) is 0 Å². The summed E-state index contributed by atoms with van der Waals surface area (Å²) in [6, 6.07) is 1.77. The number of carbonyl (C=O) groups is 1. The van der Waals surface area contributed by atoms with Gasteiger partial charge in [-0.15, -0.1) is 0 Å². The fourth-order valence-corrected chi connectivity index (χ4v) is 2.51. The molecule has 0 saturated carbocycles. The summed E-state index contributed by atoms with van der Waals surface area (Å²) in [5.41, 5.74) is 1.42. The molecule has 0 aliphatic carbocycles. The lowest BCUT2D eigenvalue weighted by atomic mass is 10.2. The van der Waals surface area contributed by atoms with Crippen molar-refractivity contribution >= 4 is 5.91 Å². The van der Waals surface area contributed by atoms with Crippen LogP contribution in [-0.2, 0) is 11.3 Å². The molecule has 0 radical (unpaired) electrons. The summed E-state index contributed by atoms with van der Waals surface area (Å²) in [6.45, 7) is 4.57. The Morgan fingerprint density at radius 3 is 2.85 bits per heavy atom. The lowest BCUT2D eigenvalue weighted by Gasteiger charge is -2.29. The molecular formula is C17H23F3N4O2. The first kappa shape index (κ1) is 20.0. The standard InChI is InChI=1S/C17H23F3N4O2/c1-3-15(25)21-5-8-23-6-4-7-24(23)11-14-9-13(2)16(22-10-14)26-12-17(18,19)20/h4,6,9-10H,3,5,7-8,11-12H2,1-2H3,(H,21,25). The Kier molecular flexibility index (Phi) is 6.84. The Morgan fingerprint density at radius 2 is 2.19 bits per heavy atom. The molecule has 2 rings (SSSR count). The number of hydrogen-bond donors (Lipinski definition) is 1. The van der Waals surface area contributed by atoms with Crippen LogP contribution in [0.3, 0.4) is 0 Å². The Bertz CT molecular complexity index is 649. The van der Waals surface area contributed by atoms with Crippen LogP contribution in [-0.4, -0.2) is 53.3 Å². The highest BCUT2D eigenvalue weighted by Gasteiger charge is 2.29. The van der Waals surface area contributed by atoms with Gasteiger partial charge in [0.25, 0.3) is 0 Å². The maximum atomic E-state index is 12.2. The van der Waals surface area contributed by atoms with Gasteiger partial charge in [-0.1, -0.05) is 13.0 Å². The summed E-state index contributed by atoms with van der Waals surface area (Å²) < 4.78 is 41.4. The van der Waals surface area contributed by atoms with Crippen LogP contribution in [0.1, 0.15) is 24.5 Å². The van der Waals surface area contributed by atoms with Crippen LogP contribution in [0.5, 0.6) is 5.88 Å². The second kappa shape index (κ2) is 8.88. The Balaban J connectivity index is 1.89. The molecule has 6 nitrogen and oxygen atoms in total. The van der Waals surface area contributed by atoms with E-state index >= 15 is 0 Å². The third kappa shape index (κ3) is 6.21. The maximum absolute atomic E-state index is 12.2. The molecule has 1 aliphatic rings. The van der Waals surface area contributed by atoms with Crippen LogP contribution in [0.25, 0.3) is 0 Å². The minimum absolute atomic E-state index is 0.00833. The van der Waals surface area contributed by atoms with Crippen LogP contribution in [0, 0.1) is 6.92 Å². The van der Waals surface area contributed by atoms with Crippen LogP contribution >= 0.6 is 0 Å². The average molecular weight is 372 g/mol. The molecule has 0 spiro atoms. The minimum atomic E-state index is -4.39. The zero-order valence-electron chi connectivity index (χ0n) is 14.8. The van der Waals surface area contributed by atoms with E-state index in [2.05, 4.69) is 15.3 Å². The van der Waals surface area contributed by atoms with E-state index in [1.165, 1.54) is 6.20 Å². The average Bonchev–Trinajstić information content (AvgIpc) is 3.00. The minimum Gasteiger partial charge on any atom is -0.468 e. The molecule has 1 aromatic heterocycles. The van der Waals surface area contributed by atoms with E-state index in [1.54, 1.807) is 19.9 Å². The number of hydrazine groups is 1. The number of halogens is 3. The van der Waals surface area contributed by atoms with Crippen molar-refractivity contribution in [2.45, 2.75) is 33.0 Å². The summed E-state index contributed by atoms with van der Waals surface area (Å²) in [6.07, 6.45) is 1.53. The van der Waals surface area contributed by atoms with Gasteiger partial charge in [0.05, 0.1) is 6.54 Å². The van der Waals surface area contributed by atoms with Gasteiger partial charge in [0, 0.05) is 44.0 Å². The number of pyridine rings is 1. The highest BCUT2D eigenvalue weighted by molar-refractivity contribution is 5.75. The van der Waals surface area contributed by atoms with Gasteiger partial charge in [0.15, 0.2) is 6.61 Å². The molecule has 0 atom stereocenters. The first-order valence-corrected chi connectivity index (χ1v) is 8.38. The quantitative estimate of drug-likeness (QED) is 0.760. The highest BCUT2D eigenvalue weighted by Crippen LogP contribution is 2.21. The first-order chi connectivity index (χ1) is 12.3. The van der Waals surface area contributed by atoms with Gasteiger partial charge >= 0.3 is 6.18 Å². The number of ether oxygens (including phenoxy) is 1. The lowest BCUT2D eigenvalue weighted by molar-refractivity contribution is -0.154. The van der Waals surface area contributed by atoms with Gasteiger partial charge in [-0.3, -0.25) is 4.79 Å².